The summed E-state index contributed by atoms with van der Waals surface area (Å²) in [5.74, 6) is 1.47. The maximum Gasteiger partial charge on any atom is 0.192 e. The number of aromatic nitrogens is 6. The van der Waals surface area contributed by atoms with Gasteiger partial charge in [0.05, 0.1) is 5.69 Å². The summed E-state index contributed by atoms with van der Waals surface area (Å²) >= 11 is 1.61. The number of allylic oxidation sites excluding steroid dienone is 1. The number of pyridine rings is 2. The van der Waals surface area contributed by atoms with Gasteiger partial charge in [-0.2, -0.15) is 0 Å². The van der Waals surface area contributed by atoms with Crippen LogP contribution in [0.3, 0.4) is 0 Å². The zero-order valence-electron chi connectivity index (χ0n) is 13.5. The topological polar surface area (TPSA) is 60.9 Å². The molecule has 25 heavy (non-hydrogen) atoms. The summed E-state index contributed by atoms with van der Waals surface area (Å²) in [5.41, 5.74) is 2.75. The summed E-state index contributed by atoms with van der Waals surface area (Å²) in [6.07, 6.45) is 7.63. The lowest BCUT2D eigenvalue weighted by atomic mass is 10.3. The zero-order valence-corrected chi connectivity index (χ0v) is 14.3. The number of nitrogens with zero attached hydrogens (tertiary/aromatic N) is 6. The molecule has 7 heteroatoms. The number of rotatable bonds is 6. The van der Waals surface area contributed by atoms with Gasteiger partial charge in [-0.1, -0.05) is 30.0 Å². The Morgan fingerprint density at radius 1 is 1.12 bits per heavy atom. The second-order valence-corrected chi connectivity index (χ2v) is 6.35. The number of hydrogen-bond donors (Lipinski definition) is 0. The molecule has 4 aromatic heterocycles. The third-order valence-electron chi connectivity index (χ3n) is 3.69. The van der Waals surface area contributed by atoms with Crippen LogP contribution < -0.4 is 0 Å². The second kappa shape index (κ2) is 6.90. The highest BCUT2D eigenvalue weighted by Gasteiger charge is 2.15. The highest BCUT2D eigenvalue weighted by molar-refractivity contribution is 7.98. The van der Waals surface area contributed by atoms with Gasteiger partial charge < -0.3 is 4.40 Å². The van der Waals surface area contributed by atoms with Crippen molar-refractivity contribution in [2.75, 3.05) is 0 Å². The largest absolute Gasteiger partial charge is 0.307 e. The maximum absolute atomic E-state index is 4.62. The van der Waals surface area contributed by atoms with Crippen LogP contribution in [0.25, 0.3) is 17.2 Å². The van der Waals surface area contributed by atoms with E-state index in [1.807, 2.05) is 63.8 Å². The van der Waals surface area contributed by atoms with E-state index >= 15 is 0 Å². The number of fused-ring (bicyclic) bond motifs is 1. The van der Waals surface area contributed by atoms with Crippen molar-refractivity contribution in [3.63, 3.8) is 0 Å². The maximum atomic E-state index is 4.62. The van der Waals surface area contributed by atoms with Crippen molar-refractivity contribution < 1.29 is 0 Å². The molecule has 0 aliphatic heterocycles. The highest BCUT2D eigenvalue weighted by Crippen LogP contribution is 2.25. The van der Waals surface area contributed by atoms with Crippen LogP contribution >= 0.6 is 11.8 Å². The molecule has 0 radical (unpaired) electrons. The van der Waals surface area contributed by atoms with E-state index < -0.39 is 0 Å². The van der Waals surface area contributed by atoms with Crippen molar-refractivity contribution in [1.29, 1.82) is 0 Å². The van der Waals surface area contributed by atoms with E-state index in [2.05, 4.69) is 26.7 Å². The minimum atomic E-state index is 0.631. The Balaban J connectivity index is 1.59. The van der Waals surface area contributed by atoms with Gasteiger partial charge in [0.2, 0.25) is 0 Å². The Morgan fingerprint density at radius 3 is 2.84 bits per heavy atom. The van der Waals surface area contributed by atoms with Crippen molar-refractivity contribution >= 4 is 17.4 Å². The number of thioether (sulfide) groups is 1. The van der Waals surface area contributed by atoms with Crippen molar-refractivity contribution in [3.05, 3.63) is 73.3 Å². The van der Waals surface area contributed by atoms with Crippen LogP contribution in [0.5, 0.6) is 0 Å². The van der Waals surface area contributed by atoms with Crippen molar-refractivity contribution in [3.8, 4) is 11.5 Å². The van der Waals surface area contributed by atoms with E-state index in [1.54, 1.807) is 18.0 Å². The fourth-order valence-corrected chi connectivity index (χ4v) is 3.40. The third kappa shape index (κ3) is 3.18. The smallest absolute Gasteiger partial charge is 0.192 e. The Hall–Kier alpha value is -2.93. The molecular formula is C18H16N6S. The van der Waals surface area contributed by atoms with Crippen LogP contribution in [0.15, 0.2) is 72.8 Å². The molecule has 0 saturated heterocycles. The second-order valence-electron chi connectivity index (χ2n) is 5.41. The number of hydrogen-bond acceptors (Lipinski definition) is 5. The van der Waals surface area contributed by atoms with Gasteiger partial charge in [0.15, 0.2) is 11.0 Å². The van der Waals surface area contributed by atoms with Crippen LogP contribution in [0.4, 0.5) is 0 Å². The lowest BCUT2D eigenvalue weighted by molar-refractivity contribution is 0.729. The molecule has 0 spiro atoms. The first kappa shape index (κ1) is 15.6. The molecule has 0 unspecified atom stereocenters. The summed E-state index contributed by atoms with van der Waals surface area (Å²) in [7, 11) is 0. The molecule has 4 aromatic rings. The molecule has 0 atom stereocenters. The first-order valence-electron chi connectivity index (χ1n) is 7.86. The highest BCUT2D eigenvalue weighted by atomic mass is 32.2. The third-order valence-corrected chi connectivity index (χ3v) is 4.69. The van der Waals surface area contributed by atoms with Gasteiger partial charge in [-0.15, -0.1) is 16.8 Å². The summed E-state index contributed by atoms with van der Waals surface area (Å²) < 4.78 is 4.04. The molecule has 0 fully saturated rings. The van der Waals surface area contributed by atoms with Gasteiger partial charge in [-0.25, -0.2) is 4.98 Å². The van der Waals surface area contributed by atoms with Crippen molar-refractivity contribution in [2.45, 2.75) is 17.5 Å². The van der Waals surface area contributed by atoms with E-state index in [0.29, 0.717) is 6.54 Å². The molecule has 0 amide bonds. The van der Waals surface area contributed by atoms with Crippen LogP contribution in [-0.4, -0.2) is 29.1 Å². The quantitative estimate of drug-likeness (QED) is 0.394. The van der Waals surface area contributed by atoms with E-state index in [9.17, 15) is 0 Å². The molecule has 0 aliphatic carbocycles. The minimum absolute atomic E-state index is 0.631. The minimum Gasteiger partial charge on any atom is -0.307 e. The normalized spacial score (nSPS) is 11.0. The molecule has 0 aliphatic rings. The van der Waals surface area contributed by atoms with E-state index in [1.165, 1.54) is 0 Å². The predicted octanol–water partition coefficient (Wildman–Crippen LogP) is 3.47. The lowest BCUT2D eigenvalue weighted by Crippen LogP contribution is -2.01. The zero-order chi connectivity index (χ0) is 17.1. The molecule has 124 valence electrons. The molecule has 0 saturated carbocycles. The Kier molecular flexibility index (Phi) is 4.30. The molecule has 0 aromatic carbocycles. The average Bonchev–Trinajstić information content (AvgIpc) is 3.24. The van der Waals surface area contributed by atoms with Crippen LogP contribution in [0.1, 0.15) is 5.69 Å². The molecule has 4 heterocycles. The fraction of sp³-hybridized carbons (Fsp3) is 0.111. The van der Waals surface area contributed by atoms with E-state index in [4.69, 9.17) is 0 Å². The summed E-state index contributed by atoms with van der Waals surface area (Å²) in [4.78, 5) is 8.99. The predicted molar refractivity (Wildman–Crippen MR) is 98.2 cm³/mol. The molecule has 0 N–H and O–H groups in total. The molecular weight excluding hydrogens is 332 g/mol. The monoisotopic (exact) mass is 348 g/mol. The number of imidazole rings is 1. The van der Waals surface area contributed by atoms with Gasteiger partial charge in [-0.05, 0) is 24.3 Å². The van der Waals surface area contributed by atoms with Gasteiger partial charge in [-0.3, -0.25) is 9.55 Å². The lowest BCUT2D eigenvalue weighted by Gasteiger charge is -2.06. The van der Waals surface area contributed by atoms with E-state index in [0.717, 1.165) is 33.8 Å². The van der Waals surface area contributed by atoms with Crippen LogP contribution in [0.2, 0.25) is 0 Å². The Labute approximate surface area is 149 Å². The van der Waals surface area contributed by atoms with Gasteiger partial charge in [0.25, 0.3) is 0 Å². The van der Waals surface area contributed by atoms with Gasteiger partial charge in [0, 0.05) is 30.9 Å². The summed E-state index contributed by atoms with van der Waals surface area (Å²) in [5, 5.41) is 9.48. The fourth-order valence-electron chi connectivity index (χ4n) is 2.57. The van der Waals surface area contributed by atoms with Gasteiger partial charge >= 0.3 is 0 Å². The molecule has 0 bridgehead atoms. The first-order chi connectivity index (χ1) is 12.3. The SMILES string of the molecule is C=CCn1c(SCc2cn3ccccc3n2)nnc1-c1ccccn1. The van der Waals surface area contributed by atoms with Crippen LogP contribution in [0, 0.1) is 0 Å². The van der Waals surface area contributed by atoms with Crippen molar-refractivity contribution in [2.24, 2.45) is 0 Å². The average molecular weight is 348 g/mol. The standard InChI is InChI=1S/C18H16N6S/c1-2-10-24-17(15-7-3-5-9-19-15)21-22-18(24)25-13-14-12-23-11-6-4-8-16(23)20-14/h2-9,11-12H,1,10,13H2. The van der Waals surface area contributed by atoms with Crippen molar-refractivity contribution in [1.82, 2.24) is 29.1 Å². The Morgan fingerprint density at radius 2 is 2.04 bits per heavy atom. The van der Waals surface area contributed by atoms with Crippen LogP contribution in [-0.2, 0) is 12.3 Å². The molecule has 6 nitrogen and oxygen atoms in total. The van der Waals surface area contributed by atoms with Gasteiger partial charge in [0.1, 0.15) is 11.3 Å². The summed E-state index contributed by atoms with van der Waals surface area (Å²) in [6, 6.07) is 11.7. The molecule has 4 rings (SSSR count). The summed E-state index contributed by atoms with van der Waals surface area (Å²) in [6.45, 7) is 4.47. The first-order valence-corrected chi connectivity index (χ1v) is 8.84. The Bertz CT molecular complexity index is 972. The van der Waals surface area contributed by atoms with E-state index in [-0.39, 0.29) is 0 Å².